The lowest BCUT2D eigenvalue weighted by atomic mass is 9.94. The number of nitrogens with one attached hydrogen (secondary N) is 1. The Bertz CT molecular complexity index is 802. The summed E-state index contributed by atoms with van der Waals surface area (Å²) in [6.45, 7) is 5.24. The third-order valence-corrected chi connectivity index (χ3v) is 8.24. The average molecular weight is 434 g/mol. The Hall–Kier alpha value is -1.30. The number of carbonyl (C=O) groups excluding carboxylic acids is 2. The molecule has 0 saturated carbocycles. The van der Waals surface area contributed by atoms with Crippen LogP contribution in [0.25, 0.3) is 0 Å². The number of carboxylic acids is 1. The molecule has 2 aliphatic rings. The number of thiophene rings is 1. The number of rotatable bonds is 6. The van der Waals surface area contributed by atoms with E-state index < -0.39 is 45.8 Å². The lowest BCUT2D eigenvalue weighted by Gasteiger charge is -2.47. The number of nitrogens with zero attached hydrogens (tertiary/aromatic N) is 1. The van der Waals surface area contributed by atoms with E-state index in [0.29, 0.717) is 4.88 Å². The molecule has 148 valence electrons. The van der Waals surface area contributed by atoms with Crippen LogP contribution in [0, 0.1) is 0 Å². The molecule has 3 rings (SSSR count). The minimum absolute atomic E-state index is 0.606. The highest BCUT2D eigenvalue weighted by Crippen LogP contribution is 2.55. The van der Waals surface area contributed by atoms with E-state index in [1.165, 1.54) is 23.1 Å². The van der Waals surface area contributed by atoms with E-state index >= 15 is 4.39 Å². The van der Waals surface area contributed by atoms with Gasteiger partial charge in [0.25, 0.3) is 11.7 Å². The molecule has 0 aliphatic carbocycles. The first-order valence-corrected chi connectivity index (χ1v) is 11.0. The van der Waals surface area contributed by atoms with Gasteiger partial charge in [-0.05, 0) is 31.0 Å². The fourth-order valence-electron chi connectivity index (χ4n) is 3.32. The average Bonchev–Trinajstić information content (AvgIpc) is 3.14. The highest BCUT2D eigenvalue weighted by Gasteiger charge is 2.73. The molecule has 3 heterocycles. The predicted octanol–water partition coefficient (Wildman–Crippen LogP) is 1.79. The number of hydrogen-bond acceptors (Lipinski definition) is 7. The van der Waals surface area contributed by atoms with Crippen molar-refractivity contribution in [3.8, 4) is 0 Å². The number of hydrogen-bond donors (Lipinski definition) is 3. The van der Waals surface area contributed by atoms with Crippen molar-refractivity contribution in [2.75, 3.05) is 5.75 Å². The summed E-state index contributed by atoms with van der Waals surface area (Å²) in [7, 11) is 0. The fourth-order valence-corrected chi connectivity index (χ4v) is 6.83. The summed E-state index contributed by atoms with van der Waals surface area (Å²) in [6, 6.07) is -0.419. The maximum absolute atomic E-state index is 15.3. The number of nitrogens with two attached hydrogens (primary N) is 1. The van der Waals surface area contributed by atoms with Crippen LogP contribution in [0.15, 0.2) is 16.3 Å². The van der Waals surface area contributed by atoms with Crippen molar-refractivity contribution in [1.29, 1.82) is 0 Å². The first kappa shape index (κ1) is 20.4. The second-order valence-corrected chi connectivity index (χ2v) is 10.8. The molecule has 0 bridgehead atoms. The number of thioether (sulfide) groups is 2. The Labute approximate surface area is 168 Å². The molecular formula is C16H20FN3O4S3. The summed E-state index contributed by atoms with van der Waals surface area (Å²) in [5.41, 5.74) is 6.00. The molecule has 0 aromatic carbocycles. The van der Waals surface area contributed by atoms with Gasteiger partial charge in [-0.15, -0.1) is 34.9 Å². The first-order chi connectivity index (χ1) is 12.5. The lowest BCUT2D eigenvalue weighted by molar-refractivity contribution is -0.182. The second-order valence-electron chi connectivity index (χ2n) is 6.79. The van der Waals surface area contributed by atoms with E-state index in [2.05, 4.69) is 5.32 Å². The van der Waals surface area contributed by atoms with Gasteiger partial charge in [-0.2, -0.15) is 0 Å². The molecule has 4 N–H and O–H groups in total. The number of aliphatic carboxylic acids is 1. The van der Waals surface area contributed by atoms with Crippen molar-refractivity contribution in [3.63, 3.8) is 0 Å². The summed E-state index contributed by atoms with van der Waals surface area (Å²) >= 11 is 3.84. The summed E-state index contributed by atoms with van der Waals surface area (Å²) in [5, 5.41) is 12.2. The van der Waals surface area contributed by atoms with Crippen LogP contribution in [0.4, 0.5) is 4.39 Å². The molecule has 27 heavy (non-hydrogen) atoms. The van der Waals surface area contributed by atoms with E-state index in [1.807, 2.05) is 13.0 Å². The molecule has 2 unspecified atom stereocenters. The normalized spacial score (nSPS) is 29.8. The van der Waals surface area contributed by atoms with E-state index in [9.17, 15) is 19.5 Å². The Morgan fingerprint density at radius 1 is 1.52 bits per heavy atom. The van der Waals surface area contributed by atoms with Gasteiger partial charge in [0.1, 0.15) is 17.5 Å². The molecule has 2 fully saturated rings. The summed E-state index contributed by atoms with van der Waals surface area (Å²) in [6.07, 6.45) is 0. The van der Waals surface area contributed by atoms with Gasteiger partial charge in [0.2, 0.25) is 5.91 Å². The van der Waals surface area contributed by atoms with Gasteiger partial charge in [0.15, 0.2) is 0 Å². The zero-order chi connectivity index (χ0) is 20.1. The molecule has 2 saturated heterocycles. The van der Waals surface area contributed by atoms with E-state index in [4.69, 9.17) is 5.73 Å². The van der Waals surface area contributed by atoms with Crippen LogP contribution < -0.4 is 11.1 Å². The number of carboxylic acid groups (broad SMARTS) is 1. The lowest BCUT2D eigenvalue weighted by Crippen LogP contribution is -2.77. The third kappa shape index (κ3) is 3.14. The highest BCUT2D eigenvalue weighted by molar-refractivity contribution is 8.01. The number of amides is 2. The second kappa shape index (κ2) is 6.94. The van der Waals surface area contributed by atoms with Crippen molar-refractivity contribution < 1.29 is 23.9 Å². The summed E-state index contributed by atoms with van der Waals surface area (Å²) in [4.78, 5) is 38.9. The molecule has 0 radical (unpaired) electrons. The Kier molecular flexibility index (Phi) is 5.26. The van der Waals surface area contributed by atoms with Gasteiger partial charge < -0.3 is 21.1 Å². The van der Waals surface area contributed by atoms with Crippen molar-refractivity contribution >= 4 is 52.6 Å². The number of β-lactam (4-membered cyclic amide) rings is 1. The van der Waals surface area contributed by atoms with Gasteiger partial charge in [0, 0.05) is 14.5 Å². The van der Waals surface area contributed by atoms with Crippen molar-refractivity contribution in [2.24, 2.45) is 5.73 Å². The molecule has 7 nitrogen and oxygen atoms in total. The maximum Gasteiger partial charge on any atom is 0.327 e. The first-order valence-electron chi connectivity index (χ1n) is 8.24. The van der Waals surface area contributed by atoms with Crippen LogP contribution in [-0.2, 0) is 14.4 Å². The van der Waals surface area contributed by atoms with Crippen LogP contribution in [0.2, 0.25) is 0 Å². The zero-order valence-corrected chi connectivity index (χ0v) is 17.3. The minimum atomic E-state index is -2.66. The van der Waals surface area contributed by atoms with Gasteiger partial charge in [-0.1, -0.05) is 6.92 Å². The minimum Gasteiger partial charge on any atom is -0.480 e. The molecule has 0 spiro atoms. The molecule has 1 aromatic heterocycles. The zero-order valence-electron chi connectivity index (χ0n) is 14.9. The van der Waals surface area contributed by atoms with Gasteiger partial charge in [-0.3, -0.25) is 9.59 Å². The van der Waals surface area contributed by atoms with E-state index in [1.54, 1.807) is 19.2 Å². The standard InChI is InChI=1S/C16H20FN3O4S3/c1-4-25-7-5-6-26-9(7)8(18)11(21)19-16(17)13(24)20-10(12(22)23)15(2,3)27-14(16)20/h5-6,8,10,14H,4,18H2,1-3H3,(H,19,21)(H,22,23)/t8?,10-,14+,16?/m0/s1. The Morgan fingerprint density at radius 2 is 2.19 bits per heavy atom. The van der Waals surface area contributed by atoms with Crippen molar-refractivity contribution in [1.82, 2.24) is 10.2 Å². The van der Waals surface area contributed by atoms with Gasteiger partial charge >= 0.3 is 5.97 Å². The van der Waals surface area contributed by atoms with Crippen LogP contribution in [0.1, 0.15) is 31.7 Å². The SMILES string of the molecule is CCSc1ccsc1C(N)C(=O)NC1(F)C(=O)N2[C@@H](C(=O)O)C(C)(C)S[C@@H]21. The largest absolute Gasteiger partial charge is 0.480 e. The predicted molar refractivity (Wildman–Crippen MR) is 103 cm³/mol. The molecule has 11 heteroatoms. The topological polar surface area (TPSA) is 113 Å². The third-order valence-electron chi connectivity index (χ3n) is 4.55. The van der Waals surface area contributed by atoms with Crippen molar-refractivity contribution in [2.45, 2.75) is 53.7 Å². The maximum atomic E-state index is 15.3. The molecule has 1 aromatic rings. The summed E-state index contributed by atoms with van der Waals surface area (Å²) in [5.74, 6) is -4.91. The molecule has 4 atom stereocenters. The van der Waals surface area contributed by atoms with Crippen LogP contribution in [0.5, 0.6) is 0 Å². The Balaban J connectivity index is 1.78. The highest BCUT2D eigenvalue weighted by atomic mass is 32.2. The van der Waals surface area contributed by atoms with Crippen LogP contribution >= 0.6 is 34.9 Å². The smallest absolute Gasteiger partial charge is 0.327 e. The van der Waals surface area contributed by atoms with Crippen LogP contribution in [0.3, 0.4) is 0 Å². The number of alkyl halides is 1. The van der Waals surface area contributed by atoms with E-state index in [-0.39, 0.29) is 0 Å². The number of carbonyl (C=O) groups is 3. The number of fused-ring (bicyclic) bond motifs is 1. The van der Waals surface area contributed by atoms with Crippen molar-refractivity contribution in [3.05, 3.63) is 16.3 Å². The monoisotopic (exact) mass is 433 g/mol. The molecular weight excluding hydrogens is 413 g/mol. The van der Waals surface area contributed by atoms with Gasteiger partial charge in [0.05, 0.1) is 0 Å². The fraction of sp³-hybridized carbons (Fsp3) is 0.562. The molecule has 2 amide bonds. The number of halogens is 1. The van der Waals surface area contributed by atoms with Gasteiger partial charge in [-0.25, -0.2) is 9.18 Å². The van der Waals surface area contributed by atoms with E-state index in [0.717, 1.165) is 27.3 Å². The quantitative estimate of drug-likeness (QED) is 0.356. The molecule has 2 aliphatic heterocycles. The Morgan fingerprint density at radius 3 is 2.78 bits per heavy atom. The van der Waals surface area contributed by atoms with Crippen LogP contribution in [-0.4, -0.2) is 55.5 Å². The summed E-state index contributed by atoms with van der Waals surface area (Å²) < 4.78 is 14.5.